The Morgan fingerprint density at radius 2 is 2.00 bits per heavy atom. The first-order valence-electron chi connectivity index (χ1n) is 10.6. The van der Waals surface area contributed by atoms with Gasteiger partial charge in [0.2, 0.25) is 0 Å². The summed E-state index contributed by atoms with van der Waals surface area (Å²) >= 11 is 0. The second kappa shape index (κ2) is 8.22. The molecule has 0 radical (unpaired) electrons. The van der Waals surface area contributed by atoms with Crippen molar-refractivity contribution in [1.82, 2.24) is 19.5 Å². The van der Waals surface area contributed by atoms with Crippen molar-refractivity contribution in [1.29, 1.82) is 0 Å². The number of β-amino-alcohol motifs (C(OH)–C–C–N with tert-alkyl or cyclic N) is 1. The fourth-order valence-corrected chi connectivity index (χ4v) is 4.21. The average Bonchev–Trinajstić information content (AvgIpc) is 3.23. The van der Waals surface area contributed by atoms with Crippen LogP contribution in [0.2, 0.25) is 0 Å². The molecule has 0 aliphatic carbocycles. The van der Waals surface area contributed by atoms with Crippen LogP contribution in [-0.4, -0.2) is 44.4 Å². The summed E-state index contributed by atoms with van der Waals surface area (Å²) in [6.07, 6.45) is 0. The summed E-state index contributed by atoms with van der Waals surface area (Å²) in [5, 5.41) is 17.1. The number of aromatic amines is 1. The number of rotatable bonds is 5. The van der Waals surface area contributed by atoms with E-state index >= 15 is 0 Å². The van der Waals surface area contributed by atoms with Gasteiger partial charge in [-0.25, -0.2) is 8.91 Å². The number of aromatic nitrogens is 3. The van der Waals surface area contributed by atoms with Gasteiger partial charge < -0.3 is 15.4 Å². The summed E-state index contributed by atoms with van der Waals surface area (Å²) < 4.78 is 16.6. The first-order valence-corrected chi connectivity index (χ1v) is 10.6. The molecule has 8 heteroatoms. The van der Waals surface area contributed by atoms with Crippen molar-refractivity contribution in [3.05, 3.63) is 87.6 Å². The number of halogens is 1. The van der Waals surface area contributed by atoms with E-state index < -0.39 is 0 Å². The molecule has 4 aromatic rings. The van der Waals surface area contributed by atoms with E-state index in [-0.39, 0.29) is 23.9 Å². The molecule has 1 atom stereocenters. The predicted octanol–water partition coefficient (Wildman–Crippen LogP) is 3.16. The lowest BCUT2D eigenvalue weighted by Gasteiger charge is -2.28. The van der Waals surface area contributed by atoms with Crippen LogP contribution in [0.1, 0.15) is 29.7 Å². The predicted molar refractivity (Wildman–Crippen MR) is 121 cm³/mol. The maximum atomic E-state index is 14.9. The maximum Gasteiger partial charge on any atom is 0.257 e. The second-order valence-electron chi connectivity index (χ2n) is 8.09. The zero-order chi connectivity index (χ0) is 22.2. The van der Waals surface area contributed by atoms with E-state index in [1.54, 1.807) is 16.6 Å². The van der Waals surface area contributed by atoms with Crippen LogP contribution in [0.15, 0.2) is 59.4 Å². The van der Waals surface area contributed by atoms with Gasteiger partial charge in [0.25, 0.3) is 5.56 Å². The zero-order valence-corrected chi connectivity index (χ0v) is 17.7. The van der Waals surface area contributed by atoms with Gasteiger partial charge in [-0.2, -0.15) is 5.10 Å². The molecular formula is C24H24FN5O2. The minimum absolute atomic E-state index is 0.0280. The van der Waals surface area contributed by atoms with Crippen molar-refractivity contribution in [3.8, 4) is 11.1 Å². The van der Waals surface area contributed by atoms with Gasteiger partial charge in [0, 0.05) is 30.6 Å². The highest BCUT2D eigenvalue weighted by atomic mass is 19.1. The number of hydrogen-bond donors (Lipinski definition) is 3. The van der Waals surface area contributed by atoms with Crippen LogP contribution in [0.3, 0.4) is 0 Å². The number of fused-ring (bicyclic) bond motifs is 3. The highest BCUT2D eigenvalue weighted by molar-refractivity contribution is 5.64. The highest BCUT2D eigenvalue weighted by Gasteiger charge is 2.23. The van der Waals surface area contributed by atoms with Gasteiger partial charge in [-0.05, 0) is 17.2 Å². The number of H-pyrrole nitrogens is 1. The SMILES string of the molecule is CC(c1ccc(-c2ccccc2)c(F)c1)c1cc2[nH]c(=O)c3c(n2n1)NCN(CCO)C3. The highest BCUT2D eigenvalue weighted by Crippen LogP contribution is 2.30. The smallest absolute Gasteiger partial charge is 0.257 e. The summed E-state index contributed by atoms with van der Waals surface area (Å²) in [5.74, 6) is 0.214. The molecule has 5 rings (SSSR count). The maximum absolute atomic E-state index is 14.9. The molecule has 32 heavy (non-hydrogen) atoms. The minimum Gasteiger partial charge on any atom is -0.395 e. The summed E-state index contributed by atoms with van der Waals surface area (Å²) in [7, 11) is 0. The van der Waals surface area contributed by atoms with E-state index in [0.717, 1.165) is 16.8 Å². The van der Waals surface area contributed by atoms with E-state index in [4.69, 9.17) is 5.10 Å². The molecule has 0 saturated heterocycles. The topological polar surface area (TPSA) is 85.7 Å². The van der Waals surface area contributed by atoms with Crippen molar-refractivity contribution in [2.24, 2.45) is 0 Å². The van der Waals surface area contributed by atoms with Crippen LogP contribution in [0, 0.1) is 5.82 Å². The quantitative estimate of drug-likeness (QED) is 0.450. The lowest BCUT2D eigenvalue weighted by atomic mass is 9.95. The first-order chi connectivity index (χ1) is 15.5. The third-order valence-corrected chi connectivity index (χ3v) is 6.03. The summed E-state index contributed by atoms with van der Waals surface area (Å²) in [6, 6.07) is 16.6. The molecule has 0 bridgehead atoms. The Hall–Kier alpha value is -3.49. The molecule has 0 fully saturated rings. The largest absolute Gasteiger partial charge is 0.395 e. The standard InChI is InChI=1S/C24H24FN5O2/c1-15(17-7-8-18(20(25)11-17)16-5-3-2-4-6-16)21-12-22-27-24(32)19-13-29(9-10-31)14-26-23(19)30(22)28-21/h2-8,11-12,15,26,31H,9-10,13-14H2,1H3,(H,27,32). The van der Waals surface area contributed by atoms with Crippen molar-refractivity contribution < 1.29 is 9.50 Å². The average molecular weight is 433 g/mol. The molecule has 2 aromatic heterocycles. The molecule has 3 heterocycles. The Balaban J connectivity index is 1.49. The number of aliphatic hydroxyl groups is 1. The molecule has 164 valence electrons. The Kier molecular flexibility index (Phi) is 5.24. The number of nitrogens with zero attached hydrogens (tertiary/aromatic N) is 3. The minimum atomic E-state index is -0.277. The van der Waals surface area contributed by atoms with Crippen LogP contribution in [0.25, 0.3) is 16.8 Å². The van der Waals surface area contributed by atoms with E-state index in [1.165, 1.54) is 0 Å². The molecule has 1 unspecified atom stereocenters. The second-order valence-corrected chi connectivity index (χ2v) is 8.09. The summed E-state index contributed by atoms with van der Waals surface area (Å²) in [5.41, 5.74) is 3.93. The summed E-state index contributed by atoms with van der Waals surface area (Å²) in [4.78, 5) is 17.5. The van der Waals surface area contributed by atoms with Crippen molar-refractivity contribution in [2.45, 2.75) is 19.4 Å². The number of benzene rings is 2. The van der Waals surface area contributed by atoms with Crippen molar-refractivity contribution in [3.63, 3.8) is 0 Å². The van der Waals surface area contributed by atoms with Gasteiger partial charge in [-0.15, -0.1) is 0 Å². The van der Waals surface area contributed by atoms with Crippen molar-refractivity contribution >= 4 is 11.5 Å². The van der Waals surface area contributed by atoms with E-state index in [9.17, 15) is 14.3 Å². The molecule has 2 aromatic carbocycles. The zero-order valence-electron chi connectivity index (χ0n) is 17.7. The van der Waals surface area contributed by atoms with E-state index in [1.807, 2.05) is 54.3 Å². The van der Waals surface area contributed by atoms with Crippen LogP contribution < -0.4 is 10.9 Å². The van der Waals surface area contributed by atoms with Gasteiger partial charge in [0.15, 0.2) is 0 Å². The van der Waals surface area contributed by atoms with Crippen LogP contribution in [0.4, 0.5) is 10.2 Å². The van der Waals surface area contributed by atoms with Crippen molar-refractivity contribution in [2.75, 3.05) is 25.1 Å². The molecule has 0 saturated carbocycles. The lowest BCUT2D eigenvalue weighted by Crippen LogP contribution is -2.39. The molecule has 1 aliphatic heterocycles. The van der Waals surface area contributed by atoms with Gasteiger partial charge in [0.1, 0.15) is 17.3 Å². The van der Waals surface area contributed by atoms with Crippen LogP contribution >= 0.6 is 0 Å². The van der Waals surface area contributed by atoms with Crippen LogP contribution in [-0.2, 0) is 6.54 Å². The Labute approximate surface area is 184 Å². The fraction of sp³-hybridized carbons (Fsp3) is 0.250. The number of hydrogen-bond acceptors (Lipinski definition) is 5. The molecule has 7 nitrogen and oxygen atoms in total. The van der Waals surface area contributed by atoms with Gasteiger partial charge in [-0.3, -0.25) is 9.69 Å². The van der Waals surface area contributed by atoms with Gasteiger partial charge >= 0.3 is 0 Å². The molecule has 0 amide bonds. The third kappa shape index (κ3) is 3.57. The Morgan fingerprint density at radius 3 is 2.75 bits per heavy atom. The summed E-state index contributed by atoms with van der Waals surface area (Å²) in [6.45, 7) is 3.43. The van der Waals surface area contributed by atoms with E-state index in [2.05, 4.69) is 10.3 Å². The molecule has 3 N–H and O–H groups in total. The molecule has 0 spiro atoms. The number of anilines is 1. The first kappa shape index (κ1) is 20.4. The lowest BCUT2D eigenvalue weighted by molar-refractivity contribution is 0.193. The van der Waals surface area contributed by atoms with Gasteiger partial charge in [0.05, 0.1) is 24.5 Å². The Bertz CT molecular complexity index is 1330. The fourth-order valence-electron chi connectivity index (χ4n) is 4.21. The molecule has 1 aliphatic rings. The molecular weight excluding hydrogens is 409 g/mol. The van der Waals surface area contributed by atoms with Crippen LogP contribution in [0.5, 0.6) is 0 Å². The number of aliphatic hydroxyl groups excluding tert-OH is 1. The van der Waals surface area contributed by atoms with E-state index in [0.29, 0.717) is 42.4 Å². The van der Waals surface area contributed by atoms with Gasteiger partial charge in [-0.1, -0.05) is 49.4 Å². The number of nitrogens with one attached hydrogen (secondary N) is 2. The third-order valence-electron chi connectivity index (χ3n) is 6.03. The normalized spacial score (nSPS) is 14.8. The monoisotopic (exact) mass is 433 g/mol. The Morgan fingerprint density at radius 1 is 1.19 bits per heavy atom.